The van der Waals surface area contributed by atoms with E-state index in [-0.39, 0.29) is 0 Å². The van der Waals surface area contributed by atoms with E-state index in [0.717, 1.165) is 34.5 Å². The minimum atomic E-state index is 0.659. The molecule has 0 aliphatic carbocycles. The summed E-state index contributed by atoms with van der Waals surface area (Å²) in [6, 6.07) is 30.5. The number of hydrogen-bond donors (Lipinski definition) is 1. The van der Waals surface area contributed by atoms with Crippen LogP contribution in [0, 0.1) is 0 Å². The lowest BCUT2D eigenvalue weighted by Gasteiger charge is -2.09. The summed E-state index contributed by atoms with van der Waals surface area (Å²) in [6.45, 7) is 4.15. The highest BCUT2D eigenvalue weighted by Gasteiger charge is 2.08. The molecule has 4 rings (SSSR count). The molecular weight excluding hydrogens is 368 g/mol. The lowest BCUT2D eigenvalue weighted by Crippen LogP contribution is -2.03. The lowest BCUT2D eigenvalue weighted by molar-refractivity contribution is 1.14. The van der Waals surface area contributed by atoms with Crippen molar-refractivity contribution >= 4 is 11.5 Å². The van der Waals surface area contributed by atoms with Gasteiger partial charge in [-0.3, -0.25) is 5.43 Å². The van der Waals surface area contributed by atoms with Crippen molar-refractivity contribution in [3.8, 4) is 22.6 Å². The van der Waals surface area contributed by atoms with Gasteiger partial charge in [0, 0.05) is 17.2 Å². The summed E-state index contributed by atoms with van der Waals surface area (Å²) >= 11 is 0. The van der Waals surface area contributed by atoms with Gasteiger partial charge in [-0.2, -0.15) is 5.10 Å². The quantitative estimate of drug-likeness (QED) is 0.313. The van der Waals surface area contributed by atoms with Crippen molar-refractivity contribution in [1.29, 1.82) is 0 Å². The average Bonchev–Trinajstić information content (AvgIpc) is 2.83. The first-order valence-electron chi connectivity index (χ1n) is 10.1. The van der Waals surface area contributed by atoms with E-state index in [9.17, 15) is 0 Å². The maximum absolute atomic E-state index is 4.78. The predicted octanol–water partition coefficient (Wildman–Crippen LogP) is 6.21. The van der Waals surface area contributed by atoms with Crippen LogP contribution >= 0.6 is 0 Å². The summed E-state index contributed by atoms with van der Waals surface area (Å²) in [5.41, 5.74) is 9.29. The molecule has 0 aliphatic heterocycles. The molecule has 0 saturated heterocycles. The van der Waals surface area contributed by atoms with Gasteiger partial charge in [-0.25, -0.2) is 9.97 Å². The fourth-order valence-corrected chi connectivity index (χ4v) is 3.16. The van der Waals surface area contributed by atoms with Crippen molar-refractivity contribution in [2.24, 2.45) is 5.10 Å². The second-order valence-electron chi connectivity index (χ2n) is 7.05. The number of hydrazone groups is 1. The van der Waals surface area contributed by atoms with Crippen molar-refractivity contribution in [3.63, 3.8) is 0 Å². The molecule has 4 nitrogen and oxygen atoms in total. The van der Waals surface area contributed by atoms with Gasteiger partial charge in [-0.1, -0.05) is 91.9 Å². The third-order valence-corrected chi connectivity index (χ3v) is 4.95. The number of anilines is 1. The molecule has 0 radical (unpaired) electrons. The molecule has 0 saturated carbocycles. The highest BCUT2D eigenvalue weighted by molar-refractivity contribution is 5.99. The molecular formula is C26H24N4. The Kier molecular flexibility index (Phi) is 5.95. The number of nitrogens with one attached hydrogen (secondary N) is 1. The largest absolute Gasteiger partial charge is 0.261 e. The zero-order chi connectivity index (χ0) is 20.8. The SMILES string of the molecule is CCc1ccc(/C(C)=N\Nc2cc(-c3ccccc3)nc(-c3ccccc3)n2)cc1. The summed E-state index contributed by atoms with van der Waals surface area (Å²) in [5, 5.41) is 4.57. The fourth-order valence-electron chi connectivity index (χ4n) is 3.16. The standard InChI is InChI=1S/C26H24N4/c1-3-20-14-16-21(17-15-20)19(2)29-30-25-18-24(22-10-6-4-7-11-22)27-26(28-25)23-12-8-5-9-13-23/h4-18H,3H2,1-2H3,(H,27,28,30)/b29-19-. The van der Waals surface area contributed by atoms with Crippen molar-refractivity contribution < 1.29 is 0 Å². The monoisotopic (exact) mass is 392 g/mol. The Morgan fingerprint density at radius 1 is 0.800 bits per heavy atom. The summed E-state index contributed by atoms with van der Waals surface area (Å²) in [5.74, 6) is 1.33. The van der Waals surface area contributed by atoms with Crippen molar-refractivity contribution in [3.05, 3.63) is 102 Å². The van der Waals surface area contributed by atoms with Gasteiger partial charge in [0.05, 0.1) is 11.4 Å². The first-order valence-corrected chi connectivity index (χ1v) is 10.1. The smallest absolute Gasteiger partial charge is 0.162 e. The number of aryl methyl sites for hydroxylation is 1. The van der Waals surface area contributed by atoms with E-state index < -0.39 is 0 Å². The van der Waals surface area contributed by atoms with Crippen LogP contribution in [-0.4, -0.2) is 15.7 Å². The second-order valence-corrected chi connectivity index (χ2v) is 7.05. The molecule has 0 bridgehead atoms. The van der Waals surface area contributed by atoms with Crippen LogP contribution in [0.15, 0.2) is 96.1 Å². The van der Waals surface area contributed by atoms with Crippen molar-refractivity contribution in [2.45, 2.75) is 20.3 Å². The van der Waals surface area contributed by atoms with Gasteiger partial charge in [0.2, 0.25) is 0 Å². The minimum absolute atomic E-state index is 0.659. The van der Waals surface area contributed by atoms with Crippen LogP contribution in [0.4, 0.5) is 5.82 Å². The zero-order valence-electron chi connectivity index (χ0n) is 17.2. The van der Waals surface area contributed by atoms with Gasteiger partial charge >= 0.3 is 0 Å². The summed E-state index contributed by atoms with van der Waals surface area (Å²) in [7, 11) is 0. The van der Waals surface area contributed by atoms with Crippen LogP contribution in [0.3, 0.4) is 0 Å². The molecule has 1 aromatic heterocycles. The van der Waals surface area contributed by atoms with Crippen LogP contribution in [0.1, 0.15) is 25.0 Å². The Morgan fingerprint density at radius 2 is 1.43 bits per heavy atom. The number of rotatable bonds is 6. The first-order chi connectivity index (χ1) is 14.7. The number of aromatic nitrogens is 2. The zero-order valence-corrected chi connectivity index (χ0v) is 17.2. The van der Waals surface area contributed by atoms with Crippen LogP contribution < -0.4 is 5.43 Å². The van der Waals surface area contributed by atoms with E-state index in [1.165, 1.54) is 5.56 Å². The van der Waals surface area contributed by atoms with E-state index in [2.05, 4.69) is 41.7 Å². The number of hydrogen-bond acceptors (Lipinski definition) is 4. The highest BCUT2D eigenvalue weighted by Crippen LogP contribution is 2.24. The molecule has 4 heteroatoms. The van der Waals surface area contributed by atoms with Crippen LogP contribution in [0.2, 0.25) is 0 Å². The predicted molar refractivity (Wildman–Crippen MR) is 125 cm³/mol. The number of benzene rings is 3. The Balaban J connectivity index is 1.68. The molecule has 0 unspecified atom stereocenters. The van der Waals surface area contributed by atoms with Gasteiger partial charge in [0.25, 0.3) is 0 Å². The fraction of sp³-hybridized carbons (Fsp3) is 0.115. The topological polar surface area (TPSA) is 50.2 Å². The van der Waals surface area contributed by atoms with Crippen LogP contribution in [0.5, 0.6) is 0 Å². The van der Waals surface area contributed by atoms with E-state index >= 15 is 0 Å². The Labute approximate surface area is 177 Å². The van der Waals surface area contributed by atoms with Crippen molar-refractivity contribution in [1.82, 2.24) is 9.97 Å². The van der Waals surface area contributed by atoms with Crippen molar-refractivity contribution in [2.75, 3.05) is 5.43 Å². The first kappa shape index (κ1) is 19.5. The Morgan fingerprint density at radius 3 is 2.07 bits per heavy atom. The number of nitrogens with zero attached hydrogens (tertiary/aromatic N) is 3. The normalized spacial score (nSPS) is 11.3. The molecule has 0 aliphatic rings. The van der Waals surface area contributed by atoms with Gasteiger partial charge in [-0.15, -0.1) is 0 Å². The molecule has 0 atom stereocenters. The van der Waals surface area contributed by atoms with Crippen LogP contribution in [-0.2, 0) is 6.42 Å². The maximum Gasteiger partial charge on any atom is 0.162 e. The minimum Gasteiger partial charge on any atom is -0.261 e. The molecule has 1 heterocycles. The second kappa shape index (κ2) is 9.14. The molecule has 1 N–H and O–H groups in total. The molecule has 148 valence electrons. The van der Waals surface area contributed by atoms with E-state index in [4.69, 9.17) is 9.97 Å². The third-order valence-electron chi connectivity index (χ3n) is 4.95. The summed E-state index contributed by atoms with van der Waals surface area (Å²) in [6.07, 6.45) is 1.03. The van der Waals surface area contributed by atoms with E-state index in [1.807, 2.05) is 73.7 Å². The summed E-state index contributed by atoms with van der Waals surface area (Å²) < 4.78 is 0. The molecule has 0 amide bonds. The highest BCUT2D eigenvalue weighted by atomic mass is 15.3. The summed E-state index contributed by atoms with van der Waals surface area (Å²) in [4.78, 5) is 9.47. The van der Waals surface area contributed by atoms with Crippen LogP contribution in [0.25, 0.3) is 22.6 Å². The molecule has 4 aromatic rings. The van der Waals surface area contributed by atoms with Gasteiger partial charge in [0.15, 0.2) is 11.6 Å². The van der Waals surface area contributed by atoms with Gasteiger partial charge in [0.1, 0.15) is 0 Å². The molecule has 0 spiro atoms. The Hall–Kier alpha value is -3.79. The molecule has 0 fully saturated rings. The molecule has 30 heavy (non-hydrogen) atoms. The average molecular weight is 393 g/mol. The van der Waals surface area contributed by atoms with E-state index in [1.54, 1.807) is 0 Å². The lowest BCUT2D eigenvalue weighted by atomic mass is 10.1. The van der Waals surface area contributed by atoms with E-state index in [0.29, 0.717) is 11.6 Å². The van der Waals surface area contributed by atoms with Gasteiger partial charge < -0.3 is 0 Å². The Bertz CT molecular complexity index is 1080. The van der Waals surface area contributed by atoms with Gasteiger partial charge in [-0.05, 0) is 24.5 Å². The third kappa shape index (κ3) is 4.61. The maximum atomic E-state index is 4.78. The molecule has 3 aromatic carbocycles.